The number of carbonyl (C=O) groups is 2. The van der Waals surface area contributed by atoms with E-state index < -0.39 is 5.97 Å². The summed E-state index contributed by atoms with van der Waals surface area (Å²) in [4.78, 5) is 26.7. The van der Waals surface area contributed by atoms with E-state index in [1.807, 2.05) is 0 Å². The molecule has 0 saturated heterocycles. The van der Waals surface area contributed by atoms with Gasteiger partial charge in [-0.3, -0.25) is 24.8 Å². The Kier molecular flexibility index (Phi) is 7.33. The van der Waals surface area contributed by atoms with Gasteiger partial charge in [0.1, 0.15) is 5.75 Å². The second-order valence-electron chi connectivity index (χ2n) is 4.22. The van der Waals surface area contributed by atoms with Crippen LogP contribution in [0.25, 0.3) is 0 Å². The van der Waals surface area contributed by atoms with Crippen LogP contribution in [0.5, 0.6) is 5.75 Å². The number of nitrogens with zero attached hydrogens (tertiary/aromatic N) is 1. The zero-order valence-corrected chi connectivity index (χ0v) is 11.6. The third-order valence-corrected chi connectivity index (χ3v) is 2.39. The van der Waals surface area contributed by atoms with Gasteiger partial charge in [-0.2, -0.15) is 0 Å². The molecule has 0 aliphatic rings. The van der Waals surface area contributed by atoms with Gasteiger partial charge in [-0.25, -0.2) is 0 Å². The molecule has 0 aliphatic heterocycles. The van der Waals surface area contributed by atoms with Crippen molar-refractivity contribution in [1.29, 1.82) is 0 Å². The molecule has 1 aromatic carbocycles. The minimum atomic E-state index is -0.396. The van der Waals surface area contributed by atoms with E-state index in [1.54, 1.807) is 24.3 Å². The van der Waals surface area contributed by atoms with Gasteiger partial charge in [0.25, 0.3) is 0 Å². The second-order valence-corrected chi connectivity index (χ2v) is 4.22. The molecule has 1 amide bonds. The topological polar surface area (TPSA) is 108 Å². The number of ether oxygens (including phenoxy) is 1. The fourth-order valence-corrected chi connectivity index (χ4v) is 1.51. The number of unbranched alkanes of at least 4 members (excludes halogenated alkanes) is 1. The Balaban J connectivity index is 2.26. The molecule has 0 bridgehead atoms. The molecule has 21 heavy (non-hydrogen) atoms. The van der Waals surface area contributed by atoms with Gasteiger partial charge < -0.3 is 10.1 Å². The van der Waals surface area contributed by atoms with E-state index in [1.165, 1.54) is 6.92 Å². The highest BCUT2D eigenvalue weighted by molar-refractivity contribution is 5.88. The first kappa shape index (κ1) is 17.1. The number of anilines is 1. The Labute approximate surface area is 121 Å². The van der Waals surface area contributed by atoms with E-state index in [0.717, 1.165) is 0 Å². The van der Waals surface area contributed by atoms with E-state index in [4.69, 9.17) is 15.2 Å². The first-order valence-corrected chi connectivity index (χ1v) is 6.36. The molecule has 0 spiro atoms. The second kappa shape index (κ2) is 9.03. The number of esters is 1. The molecule has 0 fully saturated rings. The van der Waals surface area contributed by atoms with Crippen LogP contribution in [0.2, 0.25) is 0 Å². The highest BCUT2D eigenvalue weighted by atomic mass is 17.1. The fourth-order valence-electron chi connectivity index (χ4n) is 1.51. The Morgan fingerprint density at radius 2 is 1.86 bits per heavy atom. The number of amides is 1. The molecule has 0 aliphatic carbocycles. The summed E-state index contributed by atoms with van der Waals surface area (Å²) in [5.74, 6) is -0.180. The lowest BCUT2D eigenvalue weighted by atomic mass is 10.2. The molecule has 0 aromatic heterocycles. The summed E-state index contributed by atoms with van der Waals surface area (Å²) in [5.41, 5.74) is 0.622. The average molecular weight is 298 g/mol. The molecule has 0 radical (unpaired) electrons. The van der Waals surface area contributed by atoms with Crippen molar-refractivity contribution in [2.24, 2.45) is 0 Å². The van der Waals surface area contributed by atoms with Crippen LogP contribution in [-0.4, -0.2) is 34.3 Å². The molecule has 8 nitrogen and oxygen atoms in total. The number of hydrogen-bond donors (Lipinski definition) is 3. The normalized spacial score (nSPS) is 10.5. The summed E-state index contributed by atoms with van der Waals surface area (Å²) in [5, 5.41) is 18.8. The largest absolute Gasteiger partial charge is 0.427 e. The van der Waals surface area contributed by atoms with Crippen molar-refractivity contribution >= 4 is 17.6 Å². The molecule has 3 N–H and O–H groups in total. The smallest absolute Gasteiger partial charge is 0.311 e. The maximum absolute atomic E-state index is 11.5. The number of rotatable bonds is 8. The van der Waals surface area contributed by atoms with E-state index in [0.29, 0.717) is 24.3 Å². The predicted octanol–water partition coefficient (Wildman–Crippen LogP) is 1.73. The molecule has 1 aromatic rings. The Morgan fingerprint density at radius 3 is 2.43 bits per heavy atom. The van der Waals surface area contributed by atoms with Gasteiger partial charge in [0.15, 0.2) is 0 Å². The van der Waals surface area contributed by atoms with Crippen LogP contribution in [0, 0.1) is 0 Å². The van der Waals surface area contributed by atoms with Gasteiger partial charge >= 0.3 is 5.97 Å². The quantitative estimate of drug-likeness (QED) is 0.290. The van der Waals surface area contributed by atoms with Crippen molar-refractivity contribution in [3.8, 4) is 5.75 Å². The maximum Gasteiger partial charge on any atom is 0.311 e. The third-order valence-electron chi connectivity index (χ3n) is 2.39. The summed E-state index contributed by atoms with van der Waals surface area (Å²) < 4.78 is 5.10. The van der Waals surface area contributed by atoms with E-state index in [2.05, 4.69) is 10.2 Å². The molecule has 116 valence electrons. The molecule has 0 atom stereocenters. The van der Waals surface area contributed by atoms with Gasteiger partial charge in [0, 0.05) is 19.0 Å². The average Bonchev–Trinajstić information content (AvgIpc) is 2.39. The summed E-state index contributed by atoms with van der Waals surface area (Å²) in [7, 11) is 0. The van der Waals surface area contributed by atoms with Crippen LogP contribution >= 0.6 is 0 Å². The van der Waals surface area contributed by atoms with Crippen LogP contribution in [-0.2, 0) is 14.4 Å². The molecule has 0 saturated carbocycles. The van der Waals surface area contributed by atoms with E-state index in [9.17, 15) is 9.59 Å². The Morgan fingerprint density at radius 1 is 1.19 bits per heavy atom. The molecule has 8 heteroatoms. The van der Waals surface area contributed by atoms with Crippen molar-refractivity contribution in [1.82, 2.24) is 5.39 Å². The summed E-state index contributed by atoms with van der Waals surface area (Å²) in [6.07, 6.45) is 1.17. The number of hydrogen-bond acceptors (Lipinski definition) is 7. The van der Waals surface area contributed by atoms with Crippen LogP contribution < -0.4 is 10.1 Å². The highest BCUT2D eigenvalue weighted by Crippen LogP contribution is 2.16. The molecular formula is C13H18N2O6. The maximum atomic E-state index is 11.5. The Bertz CT molecular complexity index is 460. The standard InChI is InChI=1S/C13H18N2O6/c1-10(16)14-11-5-7-12(8-6-11)21-13(17)4-2-3-9-20-15(18)19/h5-8,18-19H,2-4,9H2,1H3,(H,14,16). The number of carbonyl (C=O) groups excluding carboxylic acids is 2. The van der Waals surface area contributed by atoms with Crippen molar-refractivity contribution in [3.05, 3.63) is 24.3 Å². The van der Waals surface area contributed by atoms with Crippen LogP contribution in [0.4, 0.5) is 5.69 Å². The number of benzene rings is 1. The minimum Gasteiger partial charge on any atom is -0.427 e. The number of nitrogens with one attached hydrogen (secondary N) is 1. The van der Waals surface area contributed by atoms with Crippen molar-refractivity contribution in [2.45, 2.75) is 26.2 Å². The molecule has 1 rings (SSSR count). The zero-order chi connectivity index (χ0) is 15.7. The van der Waals surface area contributed by atoms with E-state index in [-0.39, 0.29) is 24.3 Å². The minimum absolute atomic E-state index is 0.0890. The summed E-state index contributed by atoms with van der Waals surface area (Å²) in [6, 6.07) is 6.44. The first-order valence-electron chi connectivity index (χ1n) is 6.36. The zero-order valence-electron chi connectivity index (χ0n) is 11.6. The first-order chi connectivity index (χ1) is 9.97. The van der Waals surface area contributed by atoms with Gasteiger partial charge in [-0.15, -0.1) is 0 Å². The lowest BCUT2D eigenvalue weighted by molar-refractivity contribution is -0.492. The Hall–Kier alpha value is -2.00. The molecular weight excluding hydrogens is 280 g/mol. The van der Waals surface area contributed by atoms with Crippen LogP contribution in [0.3, 0.4) is 0 Å². The van der Waals surface area contributed by atoms with Gasteiger partial charge in [0.05, 0.1) is 12.0 Å². The summed E-state index contributed by atoms with van der Waals surface area (Å²) in [6.45, 7) is 1.50. The molecule has 0 unspecified atom stereocenters. The summed E-state index contributed by atoms with van der Waals surface area (Å²) >= 11 is 0. The highest BCUT2D eigenvalue weighted by Gasteiger charge is 2.05. The molecule has 0 heterocycles. The predicted molar refractivity (Wildman–Crippen MR) is 71.6 cm³/mol. The lowest BCUT2D eigenvalue weighted by Gasteiger charge is -2.07. The van der Waals surface area contributed by atoms with E-state index >= 15 is 0 Å². The van der Waals surface area contributed by atoms with Crippen molar-refractivity contribution in [3.63, 3.8) is 0 Å². The van der Waals surface area contributed by atoms with Gasteiger partial charge in [-0.1, -0.05) is 0 Å². The third kappa shape index (κ3) is 8.00. The SMILES string of the molecule is CC(=O)Nc1ccc(OC(=O)CCCCON(O)O)cc1. The monoisotopic (exact) mass is 298 g/mol. The fraction of sp³-hybridized carbons (Fsp3) is 0.385. The van der Waals surface area contributed by atoms with Crippen LogP contribution in [0.1, 0.15) is 26.2 Å². The van der Waals surface area contributed by atoms with Gasteiger partial charge in [0.2, 0.25) is 5.91 Å². The van der Waals surface area contributed by atoms with Crippen molar-refractivity contribution < 1.29 is 29.6 Å². The van der Waals surface area contributed by atoms with Crippen LogP contribution in [0.15, 0.2) is 24.3 Å². The van der Waals surface area contributed by atoms with Gasteiger partial charge in [-0.05, 0) is 37.1 Å². The van der Waals surface area contributed by atoms with Crippen molar-refractivity contribution in [2.75, 3.05) is 11.9 Å². The lowest BCUT2D eigenvalue weighted by Crippen LogP contribution is -2.15.